The van der Waals surface area contributed by atoms with Crippen molar-refractivity contribution in [1.29, 1.82) is 0 Å². The quantitative estimate of drug-likeness (QED) is 0.336. The van der Waals surface area contributed by atoms with Gasteiger partial charge in [-0.15, -0.1) is 11.8 Å². The molecule has 1 aromatic heterocycles. The molecule has 4 saturated carbocycles. The zero-order valence-electron chi connectivity index (χ0n) is 19.3. The molecular weight excluding hydrogens is 436 g/mol. The normalized spacial score (nSPS) is 29.9. The Morgan fingerprint density at radius 1 is 1.18 bits per heavy atom. The van der Waals surface area contributed by atoms with Crippen LogP contribution in [0.15, 0.2) is 35.5 Å². The van der Waals surface area contributed by atoms with Crippen molar-refractivity contribution >= 4 is 23.5 Å². The predicted octanol–water partition coefficient (Wildman–Crippen LogP) is 4.92. The second kappa shape index (κ2) is 8.91. The molecule has 1 aromatic carbocycles. The number of Topliss-reactive ketones (excluding diaryl/α,β-unsaturated/α-hetero) is 1. The summed E-state index contributed by atoms with van der Waals surface area (Å²) in [5, 5.41) is 16.3. The molecule has 6 rings (SSSR count). The van der Waals surface area contributed by atoms with Gasteiger partial charge in [-0.05, 0) is 92.2 Å². The lowest BCUT2D eigenvalue weighted by Crippen LogP contribution is -2.54. The molecule has 4 aliphatic rings. The smallest absolute Gasteiger partial charge is 0.337 e. The highest BCUT2D eigenvalue weighted by Gasteiger charge is 2.54. The highest BCUT2D eigenvalue weighted by molar-refractivity contribution is 7.99. The van der Waals surface area contributed by atoms with E-state index >= 15 is 0 Å². The number of methoxy groups -OCH3 is 1. The number of benzene rings is 1. The summed E-state index contributed by atoms with van der Waals surface area (Å²) in [5.41, 5.74) is 1.52. The molecule has 2 aromatic rings. The molecule has 33 heavy (non-hydrogen) atoms. The molecule has 0 saturated heterocycles. The van der Waals surface area contributed by atoms with Gasteiger partial charge < -0.3 is 9.84 Å². The van der Waals surface area contributed by atoms with Crippen molar-refractivity contribution in [1.82, 2.24) is 9.78 Å². The average molecular weight is 469 g/mol. The van der Waals surface area contributed by atoms with Crippen LogP contribution >= 0.6 is 11.8 Å². The van der Waals surface area contributed by atoms with Crippen molar-refractivity contribution in [2.75, 3.05) is 12.9 Å². The molecule has 0 radical (unpaired) electrons. The maximum atomic E-state index is 13.5. The Hall–Kier alpha value is -2.12. The fourth-order valence-electron chi connectivity index (χ4n) is 6.65. The number of nitrogens with zero attached hydrogens (tertiary/aromatic N) is 2. The molecule has 5 atom stereocenters. The first-order valence-corrected chi connectivity index (χ1v) is 13.0. The van der Waals surface area contributed by atoms with Gasteiger partial charge in [-0.3, -0.25) is 4.79 Å². The van der Waals surface area contributed by atoms with Crippen LogP contribution in [0, 0.1) is 23.7 Å². The first-order valence-electron chi connectivity index (χ1n) is 12.1. The van der Waals surface area contributed by atoms with E-state index in [1.807, 2.05) is 16.8 Å². The van der Waals surface area contributed by atoms with Crippen LogP contribution in [0.5, 0.6) is 0 Å². The monoisotopic (exact) mass is 468 g/mol. The van der Waals surface area contributed by atoms with Gasteiger partial charge in [0, 0.05) is 6.42 Å². The lowest BCUT2D eigenvalue weighted by Gasteiger charge is -2.58. The average Bonchev–Trinajstić information content (AvgIpc) is 3.22. The van der Waals surface area contributed by atoms with Gasteiger partial charge in [0.1, 0.15) is 5.03 Å². The van der Waals surface area contributed by atoms with Crippen molar-refractivity contribution in [3.63, 3.8) is 0 Å². The summed E-state index contributed by atoms with van der Waals surface area (Å²) in [5.74, 6) is 2.64. The maximum absolute atomic E-state index is 13.5. The summed E-state index contributed by atoms with van der Waals surface area (Å²) >= 11 is 1.66. The van der Waals surface area contributed by atoms with Gasteiger partial charge in [0.25, 0.3) is 0 Å². The highest BCUT2D eigenvalue weighted by atomic mass is 32.2. The summed E-state index contributed by atoms with van der Waals surface area (Å²) in [4.78, 5) is 25.3. The van der Waals surface area contributed by atoms with Crippen molar-refractivity contribution in [2.24, 2.45) is 23.7 Å². The number of hydrogen-bond donors (Lipinski definition) is 1. The Balaban J connectivity index is 1.38. The molecule has 4 aliphatic carbocycles. The van der Waals surface area contributed by atoms with E-state index in [1.165, 1.54) is 20.0 Å². The van der Waals surface area contributed by atoms with Gasteiger partial charge in [-0.1, -0.05) is 6.92 Å². The van der Waals surface area contributed by atoms with E-state index in [1.54, 1.807) is 30.1 Å². The van der Waals surface area contributed by atoms with Gasteiger partial charge in [0.2, 0.25) is 0 Å². The zero-order chi connectivity index (χ0) is 23.2. The van der Waals surface area contributed by atoms with Crippen molar-refractivity contribution in [2.45, 2.75) is 62.5 Å². The molecule has 0 aliphatic heterocycles. The van der Waals surface area contributed by atoms with E-state index in [4.69, 9.17) is 4.74 Å². The third kappa shape index (κ3) is 4.26. The largest absolute Gasteiger partial charge is 0.465 e. The second-order valence-electron chi connectivity index (χ2n) is 10.1. The first kappa shape index (κ1) is 22.7. The Morgan fingerprint density at radius 3 is 2.48 bits per heavy atom. The van der Waals surface area contributed by atoms with Gasteiger partial charge in [-0.25, -0.2) is 9.48 Å². The van der Waals surface area contributed by atoms with Gasteiger partial charge in [0.05, 0.1) is 35.7 Å². The Bertz CT molecular complexity index is 1030. The number of carbonyl (C=O) groups is 2. The lowest BCUT2D eigenvalue weighted by atomic mass is 9.49. The maximum Gasteiger partial charge on any atom is 0.337 e. The fraction of sp³-hybridized carbons (Fsp3) is 0.577. The zero-order valence-corrected chi connectivity index (χ0v) is 20.1. The molecule has 3 unspecified atom stereocenters. The predicted molar refractivity (Wildman–Crippen MR) is 127 cm³/mol. The van der Waals surface area contributed by atoms with Gasteiger partial charge >= 0.3 is 5.97 Å². The molecule has 176 valence electrons. The number of carbonyl (C=O) groups excluding carboxylic acids is 2. The van der Waals surface area contributed by atoms with E-state index in [-0.39, 0.29) is 11.8 Å². The SMILES string of the molecule is CCCSc1c(C(=O)CC2[C@@H]3CC4C[C@H]2CC(O)(C4)C3)cnn1-c1ccc(C(=O)OC)cc1. The number of ether oxygens (including phenoxy) is 1. The second-order valence-corrected chi connectivity index (χ2v) is 11.2. The summed E-state index contributed by atoms with van der Waals surface area (Å²) in [7, 11) is 1.37. The fourth-order valence-corrected chi connectivity index (χ4v) is 7.64. The summed E-state index contributed by atoms with van der Waals surface area (Å²) in [6, 6.07) is 7.11. The first-order chi connectivity index (χ1) is 15.9. The lowest BCUT2D eigenvalue weighted by molar-refractivity contribution is -0.151. The Kier molecular flexibility index (Phi) is 6.12. The number of aliphatic hydroxyl groups is 1. The number of rotatable bonds is 8. The number of thioether (sulfide) groups is 1. The minimum absolute atomic E-state index is 0.162. The molecular formula is C26H32N2O4S. The molecule has 0 amide bonds. The molecule has 1 N–H and O–H groups in total. The molecule has 1 heterocycles. The van der Waals surface area contributed by atoms with Crippen LogP contribution in [-0.2, 0) is 4.74 Å². The van der Waals surface area contributed by atoms with E-state index in [2.05, 4.69) is 12.0 Å². The number of hydrogen-bond acceptors (Lipinski definition) is 6. The molecule has 6 nitrogen and oxygen atoms in total. The number of aromatic nitrogens is 2. The molecule has 4 fully saturated rings. The summed E-state index contributed by atoms with van der Waals surface area (Å²) in [6.07, 6.45) is 8.27. The minimum atomic E-state index is -0.473. The van der Waals surface area contributed by atoms with E-state index < -0.39 is 5.60 Å². The third-order valence-corrected chi connectivity index (χ3v) is 9.14. The van der Waals surface area contributed by atoms with Crippen LogP contribution in [0.4, 0.5) is 0 Å². The minimum Gasteiger partial charge on any atom is -0.465 e. The molecule has 7 heteroatoms. The Labute approximate surface area is 199 Å². The van der Waals surface area contributed by atoms with E-state index in [9.17, 15) is 14.7 Å². The summed E-state index contributed by atoms with van der Waals surface area (Å²) < 4.78 is 6.60. The molecule has 0 spiro atoms. The van der Waals surface area contributed by atoms with Crippen LogP contribution in [-0.4, -0.2) is 45.1 Å². The topological polar surface area (TPSA) is 81.4 Å². The van der Waals surface area contributed by atoms with Crippen LogP contribution in [0.2, 0.25) is 0 Å². The van der Waals surface area contributed by atoms with Crippen LogP contribution < -0.4 is 0 Å². The highest BCUT2D eigenvalue weighted by Crippen LogP contribution is 2.59. The van der Waals surface area contributed by atoms with Gasteiger partial charge in [-0.2, -0.15) is 5.10 Å². The molecule has 4 bridgehead atoms. The van der Waals surface area contributed by atoms with Crippen LogP contribution in [0.25, 0.3) is 5.69 Å². The third-order valence-electron chi connectivity index (χ3n) is 7.86. The number of esters is 1. The van der Waals surface area contributed by atoms with Crippen LogP contribution in [0.1, 0.15) is 72.6 Å². The van der Waals surface area contributed by atoms with Crippen molar-refractivity contribution < 1.29 is 19.4 Å². The van der Waals surface area contributed by atoms with Crippen molar-refractivity contribution in [3.8, 4) is 5.69 Å². The number of ketones is 1. The van der Waals surface area contributed by atoms with Crippen LogP contribution in [0.3, 0.4) is 0 Å². The van der Waals surface area contributed by atoms with E-state index in [0.717, 1.165) is 42.1 Å². The van der Waals surface area contributed by atoms with Crippen molar-refractivity contribution in [3.05, 3.63) is 41.6 Å². The Morgan fingerprint density at radius 2 is 1.88 bits per heavy atom. The summed E-state index contributed by atoms with van der Waals surface area (Å²) in [6.45, 7) is 2.12. The van der Waals surface area contributed by atoms with E-state index in [0.29, 0.717) is 41.2 Å². The van der Waals surface area contributed by atoms with Gasteiger partial charge in [0.15, 0.2) is 5.78 Å². The standard InChI is InChI=1S/C26H32N2O4S/c1-3-8-33-24-22(15-27-28(24)20-6-4-17(5-7-20)25(30)32-2)23(29)11-21-18-9-16-10-19(21)14-26(31,12-16)13-18/h4-7,15-16,18-19,21,31H,3,8-14H2,1-2H3/t16?,18-,19+,21?,26?.